The van der Waals surface area contributed by atoms with E-state index in [1.54, 1.807) is 0 Å². The number of hydrogen-bond acceptors (Lipinski definition) is 2. The molecule has 1 saturated carbocycles. The Morgan fingerprint density at radius 2 is 2.12 bits per heavy atom. The highest BCUT2D eigenvalue weighted by molar-refractivity contribution is 5.31. The molecule has 0 bridgehead atoms. The Balaban J connectivity index is 2.27. The van der Waals surface area contributed by atoms with Crippen LogP contribution in [0.1, 0.15) is 74.7 Å². The summed E-state index contributed by atoms with van der Waals surface area (Å²) in [6.45, 7) is 4.34. The fraction of sp³-hybridized carbons (Fsp3) is 0.714. The van der Waals surface area contributed by atoms with E-state index in [0.717, 1.165) is 6.42 Å². The summed E-state index contributed by atoms with van der Waals surface area (Å²) in [5, 5.41) is 16.5. The van der Waals surface area contributed by atoms with Crippen molar-refractivity contribution in [3.05, 3.63) is 17.0 Å². The van der Waals surface area contributed by atoms with Crippen molar-refractivity contribution >= 4 is 0 Å². The van der Waals surface area contributed by atoms with Crippen LogP contribution in [0.5, 0.6) is 0 Å². The van der Waals surface area contributed by atoms with Crippen LogP contribution in [0.25, 0.3) is 0 Å². The lowest BCUT2D eigenvalue weighted by Gasteiger charge is -2.11. The van der Waals surface area contributed by atoms with Gasteiger partial charge in [0.25, 0.3) is 0 Å². The van der Waals surface area contributed by atoms with Gasteiger partial charge in [-0.1, -0.05) is 26.7 Å². The molecule has 0 unspecified atom stereocenters. The van der Waals surface area contributed by atoms with E-state index in [1.165, 1.54) is 42.6 Å². The molecule has 1 heterocycles. The molecule has 1 N–H and O–H groups in total. The molecule has 3 nitrogen and oxygen atoms in total. The zero-order chi connectivity index (χ0) is 12.3. The summed E-state index contributed by atoms with van der Waals surface area (Å²) >= 11 is 0. The molecule has 0 aliphatic heterocycles. The lowest BCUT2D eigenvalue weighted by atomic mass is 9.93. The van der Waals surface area contributed by atoms with E-state index in [4.69, 9.17) is 5.26 Å². The maximum Gasteiger partial charge on any atom is 0.0682 e. The topological polar surface area (TPSA) is 52.5 Å². The van der Waals surface area contributed by atoms with Crippen molar-refractivity contribution in [1.29, 1.82) is 5.26 Å². The third-order valence-electron chi connectivity index (χ3n) is 3.73. The van der Waals surface area contributed by atoms with Crippen LogP contribution < -0.4 is 0 Å². The lowest BCUT2D eigenvalue weighted by molar-refractivity contribution is 0.683. The maximum atomic E-state index is 8.77. The van der Waals surface area contributed by atoms with E-state index in [9.17, 15) is 0 Å². The first-order valence-electron chi connectivity index (χ1n) is 6.68. The molecule has 0 aromatic carbocycles. The number of aromatic amines is 1. The van der Waals surface area contributed by atoms with Crippen molar-refractivity contribution in [3.8, 4) is 6.07 Å². The van der Waals surface area contributed by atoms with Crippen molar-refractivity contribution in [1.82, 2.24) is 10.2 Å². The predicted octanol–water partition coefficient (Wildman–Crippen LogP) is 3.65. The van der Waals surface area contributed by atoms with Crippen molar-refractivity contribution in [2.75, 3.05) is 0 Å². The molecule has 1 aromatic rings. The van der Waals surface area contributed by atoms with Crippen molar-refractivity contribution < 1.29 is 0 Å². The molecule has 1 fully saturated rings. The minimum absolute atomic E-state index is 0.440. The quantitative estimate of drug-likeness (QED) is 0.860. The number of hydrogen-bond donors (Lipinski definition) is 1. The molecule has 0 spiro atoms. The molecule has 3 heteroatoms. The van der Waals surface area contributed by atoms with Crippen LogP contribution in [0.4, 0.5) is 0 Å². The number of aromatic nitrogens is 2. The fourth-order valence-electron chi connectivity index (χ4n) is 2.87. The zero-order valence-corrected chi connectivity index (χ0v) is 10.8. The summed E-state index contributed by atoms with van der Waals surface area (Å²) in [6.07, 6.45) is 6.67. The number of nitrogens with zero attached hydrogens (tertiary/aromatic N) is 2. The monoisotopic (exact) mass is 231 g/mol. The molecular formula is C14H21N3. The van der Waals surface area contributed by atoms with Gasteiger partial charge in [0.1, 0.15) is 0 Å². The molecule has 0 saturated heterocycles. The maximum absolute atomic E-state index is 8.77. The predicted molar refractivity (Wildman–Crippen MR) is 67.8 cm³/mol. The third kappa shape index (κ3) is 2.52. The lowest BCUT2D eigenvalue weighted by Crippen LogP contribution is -2.00. The summed E-state index contributed by atoms with van der Waals surface area (Å²) in [4.78, 5) is 0. The van der Waals surface area contributed by atoms with E-state index in [1.807, 2.05) is 0 Å². The van der Waals surface area contributed by atoms with E-state index < -0.39 is 0 Å². The number of rotatable bonds is 4. The van der Waals surface area contributed by atoms with Gasteiger partial charge in [0.2, 0.25) is 0 Å². The van der Waals surface area contributed by atoms with Crippen LogP contribution in [0.15, 0.2) is 0 Å². The molecule has 0 atom stereocenters. The summed E-state index contributed by atoms with van der Waals surface area (Å²) in [6, 6.07) is 2.25. The Morgan fingerprint density at radius 3 is 2.71 bits per heavy atom. The fourth-order valence-corrected chi connectivity index (χ4v) is 2.87. The van der Waals surface area contributed by atoms with E-state index >= 15 is 0 Å². The largest absolute Gasteiger partial charge is 0.282 e. The van der Waals surface area contributed by atoms with Gasteiger partial charge in [-0.25, -0.2) is 0 Å². The molecule has 0 amide bonds. The highest BCUT2D eigenvalue weighted by Crippen LogP contribution is 2.37. The molecule has 2 rings (SSSR count). The van der Waals surface area contributed by atoms with Gasteiger partial charge in [0.15, 0.2) is 0 Å². The van der Waals surface area contributed by atoms with E-state index in [-0.39, 0.29) is 0 Å². The van der Waals surface area contributed by atoms with Crippen LogP contribution in [0.3, 0.4) is 0 Å². The van der Waals surface area contributed by atoms with Gasteiger partial charge in [0, 0.05) is 18.0 Å². The van der Waals surface area contributed by atoms with Crippen LogP contribution in [0.2, 0.25) is 0 Å². The van der Waals surface area contributed by atoms with Crippen molar-refractivity contribution in [3.63, 3.8) is 0 Å². The van der Waals surface area contributed by atoms with Gasteiger partial charge >= 0.3 is 0 Å². The minimum Gasteiger partial charge on any atom is -0.282 e. The second kappa shape index (κ2) is 5.35. The first-order valence-corrected chi connectivity index (χ1v) is 6.68. The zero-order valence-electron chi connectivity index (χ0n) is 10.8. The number of H-pyrrole nitrogens is 1. The van der Waals surface area contributed by atoms with Gasteiger partial charge < -0.3 is 0 Å². The second-order valence-electron chi connectivity index (χ2n) is 5.30. The highest BCUT2D eigenvalue weighted by atomic mass is 15.1. The molecular weight excluding hydrogens is 210 g/mol. The van der Waals surface area contributed by atoms with Crippen LogP contribution in [-0.2, 0) is 6.42 Å². The summed E-state index contributed by atoms with van der Waals surface area (Å²) in [5.74, 6) is 1.10. The van der Waals surface area contributed by atoms with Crippen molar-refractivity contribution in [2.45, 2.75) is 64.2 Å². The van der Waals surface area contributed by atoms with E-state index in [2.05, 4.69) is 30.1 Å². The highest BCUT2D eigenvalue weighted by Gasteiger charge is 2.24. The minimum atomic E-state index is 0.440. The average Bonchev–Trinajstić information content (AvgIpc) is 2.94. The third-order valence-corrected chi connectivity index (χ3v) is 3.73. The molecule has 92 valence electrons. The number of nitriles is 1. The molecule has 1 aliphatic rings. The first-order chi connectivity index (χ1) is 8.24. The Hall–Kier alpha value is -1.30. The molecule has 0 radical (unpaired) electrons. The van der Waals surface area contributed by atoms with Gasteiger partial charge in [-0.2, -0.15) is 10.4 Å². The summed E-state index contributed by atoms with van der Waals surface area (Å²) < 4.78 is 0. The van der Waals surface area contributed by atoms with E-state index in [0.29, 0.717) is 18.3 Å². The SMILES string of the molecule is CC(C)c1n[nH]c(C2CCCC2)c1CCC#N. The second-order valence-corrected chi connectivity index (χ2v) is 5.30. The Kier molecular flexibility index (Phi) is 3.83. The normalized spacial score (nSPS) is 16.6. The Labute approximate surface area is 103 Å². The smallest absolute Gasteiger partial charge is 0.0682 e. The standard InChI is InChI=1S/C14H21N3/c1-10(2)13-12(8-5-9-15)14(17-16-13)11-6-3-4-7-11/h10-11H,3-8H2,1-2H3,(H,16,17). The summed E-state index contributed by atoms with van der Waals surface area (Å²) in [5.41, 5.74) is 3.82. The molecule has 17 heavy (non-hydrogen) atoms. The van der Waals surface area contributed by atoms with Gasteiger partial charge in [-0.05, 0) is 30.7 Å². The summed E-state index contributed by atoms with van der Waals surface area (Å²) in [7, 11) is 0. The van der Waals surface area contributed by atoms with Gasteiger partial charge in [0.05, 0.1) is 11.8 Å². The van der Waals surface area contributed by atoms with Crippen LogP contribution >= 0.6 is 0 Å². The number of nitrogens with one attached hydrogen (secondary N) is 1. The average molecular weight is 231 g/mol. The van der Waals surface area contributed by atoms with Crippen molar-refractivity contribution in [2.24, 2.45) is 0 Å². The Bertz CT molecular complexity index is 406. The molecule has 1 aromatic heterocycles. The van der Waals surface area contributed by atoms with Gasteiger partial charge in [-0.15, -0.1) is 0 Å². The Morgan fingerprint density at radius 1 is 1.41 bits per heavy atom. The molecule has 1 aliphatic carbocycles. The first kappa shape index (κ1) is 12.2. The van der Waals surface area contributed by atoms with Crippen LogP contribution in [0, 0.1) is 11.3 Å². The van der Waals surface area contributed by atoms with Crippen LogP contribution in [-0.4, -0.2) is 10.2 Å². The van der Waals surface area contributed by atoms with Gasteiger partial charge in [-0.3, -0.25) is 5.10 Å².